The number of rotatable bonds is 8. The van der Waals surface area contributed by atoms with Crippen LogP contribution in [0.25, 0.3) is 0 Å². The van der Waals surface area contributed by atoms with Gasteiger partial charge in [-0.3, -0.25) is 0 Å². The van der Waals surface area contributed by atoms with Gasteiger partial charge >= 0.3 is 5.97 Å². The minimum absolute atomic E-state index is 0.116. The van der Waals surface area contributed by atoms with Crippen molar-refractivity contribution in [2.45, 2.75) is 43.0 Å². The Morgan fingerprint density at radius 3 is 2.53 bits per heavy atom. The van der Waals surface area contributed by atoms with Crippen molar-refractivity contribution < 1.29 is 48.6 Å². The highest BCUT2D eigenvalue weighted by Crippen LogP contribution is 2.36. The average Bonchev–Trinajstić information content (AvgIpc) is 2.88. The van der Waals surface area contributed by atoms with Crippen LogP contribution in [0.2, 0.25) is 0 Å². The smallest absolute Gasteiger partial charge is 0.335 e. The fourth-order valence-corrected chi connectivity index (χ4v) is 4.56. The molecule has 5 N–H and O–H groups in total. The third-order valence-corrected chi connectivity index (χ3v) is 6.56. The van der Waals surface area contributed by atoms with Crippen LogP contribution >= 0.6 is 0 Å². The van der Waals surface area contributed by atoms with Crippen LogP contribution < -0.4 is 19.5 Å². The lowest BCUT2D eigenvalue weighted by atomic mass is 9.81. The summed E-state index contributed by atoms with van der Waals surface area (Å²) in [6, 6.07) is 11.2. The Morgan fingerprint density at radius 2 is 1.83 bits per heavy atom. The number of hydrogen-bond donors (Lipinski definition) is 5. The summed E-state index contributed by atoms with van der Waals surface area (Å²) in [6.07, 6.45) is -7.73. The predicted octanol–water partition coefficient (Wildman–Crippen LogP) is 0.877. The number of carboxylic acids is 1. The van der Waals surface area contributed by atoms with E-state index in [0.717, 1.165) is 25.1 Å². The van der Waals surface area contributed by atoms with Crippen LogP contribution in [0.4, 0.5) is 4.39 Å². The van der Waals surface area contributed by atoms with Crippen LogP contribution in [0, 0.1) is 11.7 Å². The van der Waals surface area contributed by atoms with Gasteiger partial charge in [0.05, 0.1) is 13.7 Å². The van der Waals surface area contributed by atoms with Crippen LogP contribution in [0.3, 0.4) is 0 Å². The summed E-state index contributed by atoms with van der Waals surface area (Å²) in [5.41, 5.74) is 1.06. The normalized spacial score (nSPS) is 30.4. The topological polar surface area (TPSA) is 147 Å². The summed E-state index contributed by atoms with van der Waals surface area (Å²) in [6.45, 7) is 2.01. The van der Waals surface area contributed by atoms with Crippen molar-refractivity contribution in [2.24, 2.45) is 5.92 Å². The number of nitrogens with one attached hydrogen (secondary N) is 1. The van der Waals surface area contributed by atoms with E-state index in [1.54, 1.807) is 24.3 Å². The third-order valence-electron chi connectivity index (χ3n) is 6.56. The second-order valence-electron chi connectivity index (χ2n) is 8.89. The van der Waals surface area contributed by atoms with Gasteiger partial charge in [-0.1, -0.05) is 12.1 Å². The van der Waals surface area contributed by atoms with Crippen LogP contribution in [-0.4, -0.2) is 83.9 Å². The number of piperidine rings is 1. The second-order valence-corrected chi connectivity index (χ2v) is 8.89. The van der Waals surface area contributed by atoms with Gasteiger partial charge in [0.2, 0.25) is 6.29 Å². The summed E-state index contributed by atoms with van der Waals surface area (Å²) >= 11 is 0. The standard InChI is InChI=1S/C25H30FNO9/c1-33-19-10-16(34-12-14-11-27-9-8-17(14)13-2-4-15(26)5-3-13)6-7-18(19)35-25-22(30)20(28)21(29)23(36-25)24(31)32/h2-7,10,14,17,20-23,25,27-30H,8-9,11-12H2,1H3,(H,31,32)/t14-,17-,20?,21?,22?,23?,25?/m0/s1. The van der Waals surface area contributed by atoms with Crippen molar-refractivity contribution >= 4 is 5.97 Å². The minimum Gasteiger partial charge on any atom is -0.493 e. The van der Waals surface area contributed by atoms with Crippen molar-refractivity contribution in [3.8, 4) is 17.2 Å². The Kier molecular flexibility index (Phi) is 8.27. The molecule has 2 heterocycles. The van der Waals surface area contributed by atoms with Crippen molar-refractivity contribution in [1.29, 1.82) is 0 Å². The largest absolute Gasteiger partial charge is 0.493 e. The lowest BCUT2D eigenvalue weighted by Gasteiger charge is -2.38. The molecule has 2 aromatic carbocycles. The van der Waals surface area contributed by atoms with Gasteiger partial charge in [0.15, 0.2) is 17.6 Å². The third kappa shape index (κ3) is 5.71. The maximum Gasteiger partial charge on any atom is 0.335 e. The molecule has 2 fully saturated rings. The Balaban J connectivity index is 1.43. The number of aliphatic carboxylic acids is 1. The molecule has 2 aliphatic heterocycles. The van der Waals surface area contributed by atoms with Gasteiger partial charge in [-0.25, -0.2) is 9.18 Å². The van der Waals surface area contributed by atoms with Crippen molar-refractivity contribution in [3.05, 3.63) is 53.8 Å². The average molecular weight is 508 g/mol. The summed E-state index contributed by atoms with van der Waals surface area (Å²) in [7, 11) is 1.40. The highest BCUT2D eigenvalue weighted by Gasteiger charge is 2.48. The fourth-order valence-electron chi connectivity index (χ4n) is 4.56. The van der Waals surface area contributed by atoms with E-state index in [0.29, 0.717) is 12.4 Å². The number of aliphatic hydroxyl groups excluding tert-OH is 3. The molecule has 36 heavy (non-hydrogen) atoms. The molecule has 0 bridgehead atoms. The number of hydrogen-bond acceptors (Lipinski definition) is 9. The Hall–Kier alpha value is -2.96. The molecule has 0 amide bonds. The molecule has 0 aliphatic carbocycles. The minimum atomic E-state index is -1.82. The molecule has 5 unspecified atom stereocenters. The van der Waals surface area contributed by atoms with Crippen LogP contribution in [0.15, 0.2) is 42.5 Å². The van der Waals surface area contributed by atoms with Gasteiger partial charge in [-0.15, -0.1) is 0 Å². The van der Waals surface area contributed by atoms with Gasteiger partial charge in [-0.2, -0.15) is 0 Å². The van der Waals surface area contributed by atoms with E-state index in [1.807, 2.05) is 0 Å². The van der Waals surface area contributed by atoms with Gasteiger partial charge in [0.1, 0.15) is 29.9 Å². The summed E-state index contributed by atoms with van der Waals surface area (Å²) < 4.78 is 35.5. The maximum absolute atomic E-state index is 13.4. The van der Waals surface area contributed by atoms with Crippen LogP contribution in [0.5, 0.6) is 17.2 Å². The van der Waals surface area contributed by atoms with Gasteiger partial charge in [0, 0.05) is 18.5 Å². The molecule has 0 radical (unpaired) electrons. The Bertz CT molecular complexity index is 1040. The molecule has 0 spiro atoms. The first-order valence-electron chi connectivity index (χ1n) is 11.6. The first-order valence-corrected chi connectivity index (χ1v) is 11.6. The zero-order chi connectivity index (χ0) is 25.8. The zero-order valence-electron chi connectivity index (χ0n) is 19.6. The fraction of sp³-hybridized carbons (Fsp3) is 0.480. The number of methoxy groups -OCH3 is 1. The first kappa shape index (κ1) is 26.1. The van der Waals surface area contributed by atoms with Crippen molar-refractivity contribution in [1.82, 2.24) is 5.32 Å². The molecule has 2 aromatic rings. The number of aliphatic hydroxyl groups is 3. The molecule has 0 saturated carbocycles. The van der Waals surface area contributed by atoms with Crippen LogP contribution in [-0.2, 0) is 9.53 Å². The van der Waals surface area contributed by atoms with Gasteiger partial charge in [0.25, 0.3) is 0 Å². The second kappa shape index (κ2) is 11.4. The zero-order valence-corrected chi connectivity index (χ0v) is 19.6. The summed E-state index contributed by atoms with van der Waals surface area (Å²) in [5.74, 6) is -0.577. The lowest BCUT2D eigenvalue weighted by molar-refractivity contribution is -0.271. The number of carbonyl (C=O) groups is 1. The molecular weight excluding hydrogens is 477 g/mol. The maximum atomic E-state index is 13.4. The first-order chi connectivity index (χ1) is 17.3. The number of halogens is 1. The van der Waals surface area contributed by atoms with E-state index >= 15 is 0 Å². The van der Waals surface area contributed by atoms with Crippen LogP contribution in [0.1, 0.15) is 17.9 Å². The summed E-state index contributed by atoms with van der Waals surface area (Å²) in [5, 5.41) is 42.6. The van der Waals surface area contributed by atoms with E-state index < -0.39 is 36.7 Å². The molecule has 2 saturated heterocycles. The molecule has 7 atom stereocenters. The quantitative estimate of drug-likeness (QED) is 0.349. The van der Waals surface area contributed by atoms with E-state index in [2.05, 4.69) is 5.32 Å². The molecule has 10 nitrogen and oxygen atoms in total. The van der Waals surface area contributed by atoms with Crippen molar-refractivity contribution in [2.75, 3.05) is 26.8 Å². The molecule has 11 heteroatoms. The van der Waals surface area contributed by atoms with Crippen molar-refractivity contribution in [3.63, 3.8) is 0 Å². The molecule has 2 aliphatic rings. The Labute approximate surface area is 207 Å². The number of benzene rings is 2. The van der Waals surface area contributed by atoms with E-state index in [4.69, 9.17) is 18.9 Å². The predicted molar refractivity (Wildman–Crippen MR) is 124 cm³/mol. The number of carboxylic acid groups (broad SMARTS) is 1. The monoisotopic (exact) mass is 507 g/mol. The summed E-state index contributed by atoms with van der Waals surface area (Å²) in [4.78, 5) is 11.3. The lowest BCUT2D eigenvalue weighted by Crippen LogP contribution is -2.61. The number of ether oxygens (including phenoxy) is 4. The molecule has 4 rings (SSSR count). The SMILES string of the molecule is COc1cc(OC[C@@H]2CNCC[C@H]2c2ccc(F)cc2)ccc1OC1OC(C(=O)O)C(O)C(O)C1O. The van der Waals surface area contributed by atoms with E-state index in [1.165, 1.54) is 25.3 Å². The highest BCUT2D eigenvalue weighted by atomic mass is 19.1. The highest BCUT2D eigenvalue weighted by molar-refractivity contribution is 5.73. The van der Waals surface area contributed by atoms with E-state index in [9.17, 15) is 29.6 Å². The van der Waals surface area contributed by atoms with E-state index in [-0.39, 0.29) is 29.2 Å². The molecule has 0 aromatic heterocycles. The molecule has 196 valence electrons. The van der Waals surface area contributed by atoms with Gasteiger partial charge < -0.3 is 44.7 Å². The molecular formula is C25H30FNO9. The van der Waals surface area contributed by atoms with Gasteiger partial charge in [-0.05, 0) is 48.7 Å². The Morgan fingerprint density at radius 1 is 1.08 bits per heavy atom.